The second kappa shape index (κ2) is 4.91. The highest BCUT2D eigenvalue weighted by Gasteiger charge is 2.24. The van der Waals surface area contributed by atoms with Gasteiger partial charge in [0.15, 0.2) is 5.76 Å². The average molecular weight is 259 g/mol. The topological polar surface area (TPSA) is 76.4 Å². The van der Waals surface area contributed by atoms with Gasteiger partial charge in [-0.25, -0.2) is 13.1 Å². The lowest BCUT2D eigenvalue weighted by Gasteiger charge is -2.10. The van der Waals surface area contributed by atoms with Crippen molar-refractivity contribution in [3.8, 4) is 0 Å². The lowest BCUT2D eigenvalue weighted by molar-refractivity contribution is 0.0953. The number of amides is 1. The fraction of sp³-hybridized carbons (Fsp3) is 0.545. The van der Waals surface area contributed by atoms with Crippen LogP contribution >= 0.6 is 0 Å². The summed E-state index contributed by atoms with van der Waals surface area (Å²) in [7, 11) is -3.62. The fourth-order valence-corrected chi connectivity index (χ4v) is 2.18. The summed E-state index contributed by atoms with van der Waals surface area (Å²) in [5.41, 5.74) is 0.816. The molecule has 1 heterocycles. The minimum atomic E-state index is -3.62. The molecule has 0 spiro atoms. The van der Waals surface area contributed by atoms with Crippen molar-refractivity contribution in [3.63, 3.8) is 0 Å². The number of furan rings is 1. The van der Waals surface area contributed by atoms with Gasteiger partial charge in [0.2, 0.25) is 10.0 Å². The van der Waals surface area contributed by atoms with E-state index in [-0.39, 0.29) is 5.76 Å². The number of hydrogen-bond donors (Lipinski definition) is 1. The molecule has 0 saturated heterocycles. The van der Waals surface area contributed by atoms with Crippen molar-refractivity contribution in [2.75, 3.05) is 0 Å². The van der Waals surface area contributed by atoms with Gasteiger partial charge in [0.25, 0.3) is 5.91 Å². The quantitative estimate of drug-likeness (QED) is 0.893. The van der Waals surface area contributed by atoms with Gasteiger partial charge in [-0.1, -0.05) is 6.92 Å². The number of sulfonamides is 1. The zero-order valence-electron chi connectivity index (χ0n) is 10.4. The van der Waals surface area contributed by atoms with E-state index in [1.54, 1.807) is 27.7 Å². The second-order valence-electron chi connectivity index (χ2n) is 4.04. The smallest absolute Gasteiger partial charge is 0.300 e. The van der Waals surface area contributed by atoms with Crippen LogP contribution in [-0.4, -0.2) is 19.6 Å². The molecule has 5 nitrogen and oxygen atoms in total. The molecule has 17 heavy (non-hydrogen) atoms. The zero-order chi connectivity index (χ0) is 13.2. The molecule has 6 heteroatoms. The molecule has 1 amide bonds. The molecule has 0 radical (unpaired) electrons. The van der Waals surface area contributed by atoms with Crippen LogP contribution in [0.3, 0.4) is 0 Å². The zero-order valence-corrected chi connectivity index (χ0v) is 11.2. The van der Waals surface area contributed by atoms with Gasteiger partial charge in [-0.15, -0.1) is 0 Å². The summed E-state index contributed by atoms with van der Waals surface area (Å²) in [6.45, 7) is 6.80. The minimum absolute atomic E-state index is 0.0203. The highest BCUT2D eigenvalue weighted by atomic mass is 32.2. The SMILES string of the molecule is CCC(C)S(=O)(=O)NC(=O)c1cc(C)c(C)o1. The molecule has 1 unspecified atom stereocenters. The van der Waals surface area contributed by atoms with Crippen LogP contribution in [0.5, 0.6) is 0 Å². The third kappa shape index (κ3) is 3.09. The van der Waals surface area contributed by atoms with Crippen LogP contribution in [0.25, 0.3) is 0 Å². The first-order valence-electron chi connectivity index (χ1n) is 5.41. The van der Waals surface area contributed by atoms with Gasteiger partial charge in [-0.3, -0.25) is 4.79 Å². The number of hydrogen-bond acceptors (Lipinski definition) is 4. The summed E-state index contributed by atoms with van der Waals surface area (Å²) in [4.78, 5) is 11.7. The Morgan fingerprint density at radius 1 is 1.47 bits per heavy atom. The average Bonchev–Trinajstić information content (AvgIpc) is 2.57. The Kier molecular flexibility index (Phi) is 3.98. The first-order chi connectivity index (χ1) is 7.77. The van der Waals surface area contributed by atoms with E-state index in [1.165, 1.54) is 6.07 Å². The highest BCUT2D eigenvalue weighted by Crippen LogP contribution is 2.13. The Morgan fingerprint density at radius 2 is 2.06 bits per heavy atom. The Labute approximate surface area is 101 Å². The van der Waals surface area contributed by atoms with Crippen molar-refractivity contribution < 1.29 is 17.6 Å². The maximum atomic E-state index is 11.7. The molecular formula is C11H17NO4S. The fourth-order valence-electron chi connectivity index (χ4n) is 1.18. The number of rotatable bonds is 4. The molecule has 0 fully saturated rings. The molecule has 1 rings (SSSR count). The van der Waals surface area contributed by atoms with E-state index >= 15 is 0 Å². The summed E-state index contributed by atoms with van der Waals surface area (Å²) in [5.74, 6) is -0.0931. The Balaban J connectivity index is 2.87. The molecule has 1 aromatic rings. The summed E-state index contributed by atoms with van der Waals surface area (Å²) in [6, 6.07) is 1.52. The van der Waals surface area contributed by atoms with E-state index in [0.29, 0.717) is 12.2 Å². The van der Waals surface area contributed by atoms with Crippen LogP contribution in [0.1, 0.15) is 42.1 Å². The van der Waals surface area contributed by atoms with Crippen molar-refractivity contribution in [1.82, 2.24) is 4.72 Å². The third-order valence-electron chi connectivity index (χ3n) is 2.73. The number of nitrogens with one attached hydrogen (secondary N) is 1. The van der Waals surface area contributed by atoms with Crippen LogP contribution < -0.4 is 4.72 Å². The van der Waals surface area contributed by atoms with Crippen LogP contribution in [0.4, 0.5) is 0 Å². The van der Waals surface area contributed by atoms with Crippen LogP contribution in [-0.2, 0) is 10.0 Å². The number of carbonyl (C=O) groups is 1. The Morgan fingerprint density at radius 3 is 2.47 bits per heavy atom. The first kappa shape index (κ1) is 13.8. The van der Waals surface area contributed by atoms with Gasteiger partial charge in [-0.05, 0) is 38.8 Å². The molecule has 0 aliphatic rings. The van der Waals surface area contributed by atoms with Crippen LogP contribution in [0, 0.1) is 13.8 Å². The van der Waals surface area contributed by atoms with E-state index in [1.807, 2.05) is 4.72 Å². The summed E-state index contributed by atoms with van der Waals surface area (Å²) < 4.78 is 30.5. The van der Waals surface area contributed by atoms with Gasteiger partial charge < -0.3 is 4.42 Å². The Bertz CT molecular complexity index is 496. The van der Waals surface area contributed by atoms with E-state index in [9.17, 15) is 13.2 Å². The van der Waals surface area contributed by atoms with Gasteiger partial charge >= 0.3 is 0 Å². The van der Waals surface area contributed by atoms with Gasteiger partial charge in [0.1, 0.15) is 5.76 Å². The summed E-state index contributed by atoms with van der Waals surface area (Å²) >= 11 is 0. The molecule has 1 atom stereocenters. The third-order valence-corrected chi connectivity index (χ3v) is 4.59. The molecule has 0 aromatic carbocycles. The first-order valence-corrected chi connectivity index (χ1v) is 6.95. The van der Waals surface area contributed by atoms with Gasteiger partial charge in [-0.2, -0.15) is 0 Å². The van der Waals surface area contributed by atoms with Crippen molar-refractivity contribution in [1.29, 1.82) is 0 Å². The predicted octanol–water partition coefficient (Wildman–Crippen LogP) is 1.75. The maximum Gasteiger partial charge on any atom is 0.300 e. The largest absolute Gasteiger partial charge is 0.456 e. The molecule has 1 aromatic heterocycles. The number of aryl methyl sites for hydroxylation is 2. The second-order valence-corrected chi connectivity index (χ2v) is 6.14. The highest BCUT2D eigenvalue weighted by molar-refractivity contribution is 7.90. The molecular weight excluding hydrogens is 242 g/mol. The Hall–Kier alpha value is -1.30. The van der Waals surface area contributed by atoms with Crippen molar-refractivity contribution in [3.05, 3.63) is 23.2 Å². The summed E-state index contributed by atoms with van der Waals surface area (Å²) in [5, 5.41) is -0.608. The molecule has 0 aliphatic carbocycles. The van der Waals surface area contributed by atoms with Crippen molar-refractivity contribution in [2.24, 2.45) is 0 Å². The van der Waals surface area contributed by atoms with Crippen molar-refractivity contribution in [2.45, 2.75) is 39.4 Å². The molecule has 96 valence electrons. The standard InChI is InChI=1S/C11H17NO4S/c1-5-8(3)17(14,15)12-11(13)10-6-7(2)9(4)16-10/h6,8H,5H2,1-4H3,(H,12,13). The van der Waals surface area contributed by atoms with Crippen LogP contribution in [0.15, 0.2) is 10.5 Å². The van der Waals surface area contributed by atoms with Gasteiger partial charge in [0, 0.05) is 0 Å². The normalized spacial score (nSPS) is 13.4. The molecule has 1 N–H and O–H groups in total. The van der Waals surface area contributed by atoms with Gasteiger partial charge in [0.05, 0.1) is 5.25 Å². The molecule has 0 saturated carbocycles. The molecule has 0 bridgehead atoms. The monoisotopic (exact) mass is 259 g/mol. The van der Waals surface area contributed by atoms with E-state index in [2.05, 4.69) is 0 Å². The van der Waals surface area contributed by atoms with E-state index in [0.717, 1.165) is 5.56 Å². The minimum Gasteiger partial charge on any atom is -0.456 e. The summed E-state index contributed by atoms with van der Waals surface area (Å²) in [6.07, 6.45) is 0.443. The van der Waals surface area contributed by atoms with E-state index < -0.39 is 21.2 Å². The van der Waals surface area contributed by atoms with Crippen molar-refractivity contribution >= 4 is 15.9 Å². The maximum absolute atomic E-state index is 11.7. The van der Waals surface area contributed by atoms with E-state index in [4.69, 9.17) is 4.42 Å². The predicted molar refractivity (Wildman–Crippen MR) is 64.3 cm³/mol. The number of carbonyl (C=O) groups excluding carboxylic acids is 1. The lowest BCUT2D eigenvalue weighted by Crippen LogP contribution is -2.36. The van der Waals surface area contributed by atoms with Crippen LogP contribution in [0.2, 0.25) is 0 Å². The molecule has 0 aliphatic heterocycles. The lowest BCUT2D eigenvalue weighted by atomic mass is 10.3.